The summed E-state index contributed by atoms with van der Waals surface area (Å²) in [6.07, 6.45) is 1.50. The minimum atomic E-state index is -0.412. The lowest BCUT2D eigenvalue weighted by atomic mass is 10.2. The summed E-state index contributed by atoms with van der Waals surface area (Å²) in [6, 6.07) is 12.6. The number of cyclic esters (lactones) is 1. The van der Waals surface area contributed by atoms with Gasteiger partial charge in [-0.25, -0.2) is 9.78 Å². The zero-order valence-corrected chi connectivity index (χ0v) is 15.2. The number of para-hydroxylation sites is 1. The van der Waals surface area contributed by atoms with E-state index in [0.717, 1.165) is 12.1 Å². The summed E-state index contributed by atoms with van der Waals surface area (Å²) < 4.78 is 16.3. The summed E-state index contributed by atoms with van der Waals surface area (Å²) in [6.45, 7) is 1.87. The second kappa shape index (κ2) is 8.26. The van der Waals surface area contributed by atoms with E-state index in [1.807, 2.05) is 30.3 Å². The third-order valence-corrected chi connectivity index (χ3v) is 4.61. The zero-order chi connectivity index (χ0) is 19.3. The van der Waals surface area contributed by atoms with Gasteiger partial charge in [0.1, 0.15) is 12.2 Å². The van der Waals surface area contributed by atoms with Crippen molar-refractivity contribution in [1.29, 1.82) is 0 Å². The predicted octanol–water partition coefficient (Wildman–Crippen LogP) is 2.00. The molecule has 2 fully saturated rings. The van der Waals surface area contributed by atoms with Crippen molar-refractivity contribution in [3.63, 3.8) is 0 Å². The van der Waals surface area contributed by atoms with E-state index in [1.165, 1.54) is 6.20 Å². The highest BCUT2D eigenvalue weighted by atomic mass is 16.6. The van der Waals surface area contributed by atoms with Crippen molar-refractivity contribution < 1.29 is 23.8 Å². The molecule has 8 heteroatoms. The number of carbonyl (C=O) groups is 2. The zero-order valence-electron chi connectivity index (χ0n) is 15.2. The van der Waals surface area contributed by atoms with Crippen molar-refractivity contribution in [2.45, 2.75) is 18.6 Å². The number of anilines is 1. The molecule has 3 heterocycles. The van der Waals surface area contributed by atoms with Gasteiger partial charge in [-0.2, -0.15) is 0 Å². The van der Waals surface area contributed by atoms with Gasteiger partial charge in [-0.15, -0.1) is 0 Å². The Morgan fingerprint density at radius 2 is 2.11 bits per heavy atom. The smallest absolute Gasteiger partial charge is 0.414 e. The molecular weight excluding hydrogens is 362 g/mol. The first kappa shape index (κ1) is 18.2. The molecule has 28 heavy (non-hydrogen) atoms. The molecular formula is C20H21N3O5. The molecule has 4 rings (SSSR count). The fourth-order valence-corrected chi connectivity index (χ4v) is 3.12. The lowest BCUT2D eigenvalue weighted by molar-refractivity contribution is 0.0915. The maximum Gasteiger partial charge on any atom is 0.414 e. The molecule has 2 aliphatic rings. The number of nitrogens with zero attached hydrogens (tertiary/aromatic N) is 2. The summed E-state index contributed by atoms with van der Waals surface area (Å²) >= 11 is 0. The van der Waals surface area contributed by atoms with Gasteiger partial charge in [0, 0.05) is 24.4 Å². The first-order valence-corrected chi connectivity index (χ1v) is 9.21. The van der Waals surface area contributed by atoms with Gasteiger partial charge in [-0.05, 0) is 18.2 Å². The number of ether oxygens (including phenoxy) is 3. The van der Waals surface area contributed by atoms with Gasteiger partial charge in [-0.3, -0.25) is 9.69 Å². The van der Waals surface area contributed by atoms with Crippen LogP contribution in [0.3, 0.4) is 0 Å². The van der Waals surface area contributed by atoms with Crippen LogP contribution in [0.15, 0.2) is 48.7 Å². The van der Waals surface area contributed by atoms with E-state index >= 15 is 0 Å². The van der Waals surface area contributed by atoms with Gasteiger partial charge in [0.15, 0.2) is 0 Å². The Morgan fingerprint density at radius 1 is 1.25 bits per heavy atom. The Labute approximate surface area is 162 Å². The van der Waals surface area contributed by atoms with Gasteiger partial charge in [-0.1, -0.05) is 18.2 Å². The standard InChI is InChI=1S/C20H21N3O5/c24-19(14-6-7-18(21-10-14)27-16-8-9-26-13-16)22-11-17-12-23(20(25)28-17)15-4-2-1-3-5-15/h1-7,10,16-17H,8-9,11-13H2,(H,22,24). The second-order valence-electron chi connectivity index (χ2n) is 6.65. The molecule has 0 aliphatic carbocycles. The van der Waals surface area contributed by atoms with Crippen LogP contribution < -0.4 is 15.0 Å². The molecule has 2 atom stereocenters. The molecule has 0 radical (unpaired) electrons. The molecule has 2 unspecified atom stereocenters. The first-order valence-electron chi connectivity index (χ1n) is 9.21. The third kappa shape index (κ3) is 4.23. The molecule has 2 amide bonds. The van der Waals surface area contributed by atoms with Crippen molar-refractivity contribution in [2.75, 3.05) is 31.2 Å². The average Bonchev–Trinajstić information content (AvgIpc) is 3.37. The van der Waals surface area contributed by atoms with Crippen molar-refractivity contribution in [3.05, 3.63) is 54.2 Å². The van der Waals surface area contributed by atoms with E-state index in [4.69, 9.17) is 14.2 Å². The van der Waals surface area contributed by atoms with Crippen LogP contribution in [0.4, 0.5) is 10.5 Å². The number of benzene rings is 1. The first-order chi connectivity index (χ1) is 13.7. The van der Waals surface area contributed by atoms with Gasteiger partial charge >= 0.3 is 6.09 Å². The lowest BCUT2D eigenvalue weighted by Crippen LogP contribution is -2.34. The Kier molecular flexibility index (Phi) is 5.38. The van der Waals surface area contributed by atoms with Gasteiger partial charge in [0.2, 0.25) is 5.88 Å². The summed E-state index contributed by atoms with van der Waals surface area (Å²) in [5, 5.41) is 2.78. The molecule has 0 saturated carbocycles. The monoisotopic (exact) mass is 383 g/mol. The minimum Gasteiger partial charge on any atom is -0.472 e. The van der Waals surface area contributed by atoms with E-state index in [0.29, 0.717) is 31.2 Å². The van der Waals surface area contributed by atoms with Crippen LogP contribution in [0.25, 0.3) is 0 Å². The summed E-state index contributed by atoms with van der Waals surface area (Å²) in [5.41, 5.74) is 1.19. The molecule has 1 aromatic carbocycles. The van der Waals surface area contributed by atoms with E-state index in [9.17, 15) is 9.59 Å². The number of pyridine rings is 1. The van der Waals surface area contributed by atoms with Crippen LogP contribution in [0.1, 0.15) is 16.8 Å². The minimum absolute atomic E-state index is 0.0109. The fourth-order valence-electron chi connectivity index (χ4n) is 3.12. The van der Waals surface area contributed by atoms with E-state index in [-0.39, 0.29) is 18.6 Å². The van der Waals surface area contributed by atoms with Gasteiger partial charge in [0.25, 0.3) is 5.91 Å². The molecule has 8 nitrogen and oxygen atoms in total. The number of aromatic nitrogens is 1. The normalized spacial score (nSPS) is 21.4. The van der Waals surface area contributed by atoms with Crippen LogP contribution in [-0.4, -0.2) is 55.5 Å². The number of nitrogens with one attached hydrogen (secondary N) is 1. The molecule has 2 saturated heterocycles. The van der Waals surface area contributed by atoms with Crippen LogP contribution in [0, 0.1) is 0 Å². The highest BCUT2D eigenvalue weighted by Crippen LogP contribution is 2.21. The topological polar surface area (TPSA) is 90.0 Å². The fraction of sp³-hybridized carbons (Fsp3) is 0.350. The molecule has 2 aliphatic heterocycles. The van der Waals surface area contributed by atoms with Gasteiger partial charge in [0.05, 0.1) is 31.9 Å². The summed E-state index contributed by atoms with van der Waals surface area (Å²) in [5.74, 6) is 0.188. The second-order valence-corrected chi connectivity index (χ2v) is 6.65. The van der Waals surface area contributed by atoms with E-state index in [1.54, 1.807) is 17.0 Å². The molecule has 0 bridgehead atoms. The number of carbonyl (C=O) groups excluding carboxylic acids is 2. The van der Waals surface area contributed by atoms with Crippen LogP contribution >= 0.6 is 0 Å². The highest BCUT2D eigenvalue weighted by molar-refractivity contribution is 5.94. The van der Waals surface area contributed by atoms with Crippen molar-refractivity contribution in [1.82, 2.24) is 10.3 Å². The van der Waals surface area contributed by atoms with Crippen molar-refractivity contribution >= 4 is 17.7 Å². The highest BCUT2D eigenvalue weighted by Gasteiger charge is 2.32. The Morgan fingerprint density at radius 3 is 2.82 bits per heavy atom. The maximum absolute atomic E-state index is 12.3. The number of hydrogen-bond donors (Lipinski definition) is 1. The van der Waals surface area contributed by atoms with E-state index < -0.39 is 12.2 Å². The van der Waals surface area contributed by atoms with Crippen LogP contribution in [-0.2, 0) is 9.47 Å². The lowest BCUT2D eigenvalue weighted by Gasteiger charge is -2.13. The van der Waals surface area contributed by atoms with E-state index in [2.05, 4.69) is 10.3 Å². The number of rotatable bonds is 6. The Hall–Kier alpha value is -3.13. The third-order valence-electron chi connectivity index (χ3n) is 4.61. The average molecular weight is 383 g/mol. The number of hydrogen-bond acceptors (Lipinski definition) is 6. The predicted molar refractivity (Wildman–Crippen MR) is 100 cm³/mol. The molecule has 1 N–H and O–H groups in total. The molecule has 1 aromatic heterocycles. The van der Waals surface area contributed by atoms with Crippen LogP contribution in [0.5, 0.6) is 5.88 Å². The summed E-state index contributed by atoms with van der Waals surface area (Å²) in [4.78, 5) is 30.1. The largest absolute Gasteiger partial charge is 0.472 e. The SMILES string of the molecule is O=C(NCC1CN(c2ccccc2)C(=O)O1)c1ccc(OC2CCOC2)nc1. The van der Waals surface area contributed by atoms with Crippen molar-refractivity contribution in [3.8, 4) is 5.88 Å². The van der Waals surface area contributed by atoms with Crippen molar-refractivity contribution in [2.24, 2.45) is 0 Å². The summed E-state index contributed by atoms with van der Waals surface area (Å²) in [7, 11) is 0. The molecule has 146 valence electrons. The van der Waals surface area contributed by atoms with Crippen LogP contribution in [0.2, 0.25) is 0 Å². The van der Waals surface area contributed by atoms with Gasteiger partial charge < -0.3 is 19.5 Å². The molecule has 2 aromatic rings. The maximum atomic E-state index is 12.3. The number of amides is 2. The quantitative estimate of drug-likeness (QED) is 0.821. The Bertz CT molecular complexity index is 821. The Balaban J connectivity index is 1.28. The molecule has 0 spiro atoms.